The van der Waals surface area contributed by atoms with E-state index >= 15 is 0 Å². The number of rotatable bonds is 5. The number of allylic oxidation sites excluding steroid dienone is 4. The summed E-state index contributed by atoms with van der Waals surface area (Å²) in [5.41, 5.74) is 15.1. The second kappa shape index (κ2) is 15.7. The second-order valence-corrected chi connectivity index (χ2v) is 12.9. The van der Waals surface area contributed by atoms with Crippen LogP contribution in [0.2, 0.25) is 0 Å². The average molecular weight is 712 g/mol. The van der Waals surface area contributed by atoms with Gasteiger partial charge in [0.1, 0.15) is 0 Å². The standard InChI is InChI=1S/C30H21.C13H12.2ClH.Zr/c1-3-9-21(10-4-1)24-15-17-26-27-18-16-25(22-11-5-2-6-12-22)20-29(27)30(28(26)19-24)23-13-7-8-14-23;1-3-7-12(8-4-1)11-13-9-5-2-6-10-13;;;/h1-7,9-13,15-20,30H,8H2;1-10H,11H2;2*1H;/q;;;;+2/p-2. The van der Waals surface area contributed by atoms with Gasteiger partial charge in [0.2, 0.25) is 0 Å². The summed E-state index contributed by atoms with van der Waals surface area (Å²) in [4.78, 5) is 0. The van der Waals surface area contributed by atoms with E-state index in [9.17, 15) is 0 Å². The Morgan fingerprint density at radius 1 is 0.478 bits per heavy atom. The van der Waals surface area contributed by atoms with Gasteiger partial charge in [-0.2, -0.15) is 0 Å². The molecule has 0 unspecified atom stereocenters. The zero-order chi connectivity index (χ0) is 29.7. The number of halogens is 2. The average Bonchev–Trinajstić information content (AvgIpc) is 3.66. The molecule has 0 amide bonds. The van der Waals surface area contributed by atoms with E-state index in [0.717, 1.165) is 12.8 Å². The minimum absolute atomic E-state index is 0. The van der Waals surface area contributed by atoms with E-state index in [1.165, 1.54) is 85.9 Å². The van der Waals surface area contributed by atoms with Crippen molar-refractivity contribution in [2.75, 3.05) is 0 Å². The molecule has 0 aliphatic heterocycles. The molecule has 0 radical (unpaired) electrons. The van der Waals surface area contributed by atoms with E-state index in [0.29, 0.717) is 5.92 Å². The fourth-order valence-electron chi connectivity index (χ4n) is 6.44. The van der Waals surface area contributed by atoms with E-state index in [-0.39, 0.29) is 24.8 Å². The smallest absolute Gasteiger partial charge is 0.00258 e. The van der Waals surface area contributed by atoms with Gasteiger partial charge in [0.05, 0.1) is 0 Å². The van der Waals surface area contributed by atoms with Gasteiger partial charge in [0.15, 0.2) is 0 Å². The Kier molecular flexibility index (Phi) is 11.5. The Balaban J connectivity index is 0.000000235. The first-order valence-corrected chi connectivity index (χ1v) is 16.6. The predicted molar refractivity (Wildman–Crippen MR) is 181 cm³/mol. The first kappa shape index (κ1) is 33.6. The van der Waals surface area contributed by atoms with Gasteiger partial charge in [0.25, 0.3) is 0 Å². The molecule has 0 atom stereocenters. The van der Waals surface area contributed by atoms with Crippen LogP contribution >= 0.6 is 0 Å². The van der Waals surface area contributed by atoms with E-state index in [2.05, 4.69) is 170 Å². The van der Waals surface area contributed by atoms with Gasteiger partial charge in [-0.05, 0) is 17.5 Å². The van der Waals surface area contributed by atoms with Gasteiger partial charge in [-0.3, -0.25) is 0 Å². The van der Waals surface area contributed by atoms with Crippen molar-refractivity contribution < 1.29 is 49.5 Å². The summed E-state index contributed by atoms with van der Waals surface area (Å²) in [6, 6.07) is 56.6. The van der Waals surface area contributed by atoms with Gasteiger partial charge in [-0.25, -0.2) is 0 Å². The summed E-state index contributed by atoms with van der Waals surface area (Å²) in [7, 11) is 0. The molecule has 0 aromatic heterocycles. The third-order valence-electron chi connectivity index (χ3n) is 8.60. The van der Waals surface area contributed by atoms with Gasteiger partial charge in [-0.15, -0.1) is 0 Å². The summed E-state index contributed by atoms with van der Waals surface area (Å²) in [5, 5.41) is 0. The zero-order valence-electron chi connectivity index (χ0n) is 25.4. The third kappa shape index (κ3) is 7.29. The first-order valence-electron chi connectivity index (χ1n) is 15.3. The summed E-state index contributed by atoms with van der Waals surface area (Å²) < 4.78 is 1.58. The van der Waals surface area contributed by atoms with Crippen molar-refractivity contribution in [3.63, 3.8) is 0 Å². The third-order valence-corrected chi connectivity index (χ3v) is 9.81. The van der Waals surface area contributed by atoms with Gasteiger partial charge in [0, 0.05) is 0 Å². The van der Waals surface area contributed by atoms with Crippen molar-refractivity contribution >= 4 is 0 Å². The molecule has 8 rings (SSSR count). The van der Waals surface area contributed by atoms with Crippen LogP contribution in [0, 0.1) is 0 Å². The molecule has 0 saturated heterocycles. The molecule has 0 saturated carbocycles. The van der Waals surface area contributed by atoms with Crippen LogP contribution in [-0.4, -0.2) is 0 Å². The van der Waals surface area contributed by atoms with E-state index in [1.54, 1.807) is 3.28 Å². The molecule has 3 heteroatoms. The molecule has 46 heavy (non-hydrogen) atoms. The van der Waals surface area contributed by atoms with Crippen molar-refractivity contribution in [2.24, 2.45) is 0 Å². The largest absolute Gasteiger partial charge is 0.0622 e. The minimum atomic E-state index is 0. The summed E-state index contributed by atoms with van der Waals surface area (Å²) in [5.74, 6) is 0.324. The molecule has 0 heterocycles. The normalized spacial score (nSPS) is 12.7. The second-order valence-electron chi connectivity index (χ2n) is 11.5. The van der Waals surface area contributed by atoms with Crippen LogP contribution in [0.25, 0.3) is 33.4 Å². The van der Waals surface area contributed by atoms with Crippen molar-refractivity contribution in [1.29, 1.82) is 0 Å². The minimum Gasteiger partial charge on any atom is -0.0622 e. The van der Waals surface area contributed by atoms with Crippen LogP contribution in [0.5, 0.6) is 0 Å². The number of benzene rings is 6. The topological polar surface area (TPSA) is 0 Å². The van der Waals surface area contributed by atoms with Crippen LogP contribution in [0.1, 0.15) is 34.6 Å². The van der Waals surface area contributed by atoms with Crippen molar-refractivity contribution in [1.82, 2.24) is 0 Å². The van der Waals surface area contributed by atoms with Gasteiger partial charge >= 0.3 is 200 Å². The Bertz CT molecular complexity index is 1820. The molecule has 6 aromatic carbocycles. The monoisotopic (exact) mass is 709 g/mol. The zero-order valence-corrected chi connectivity index (χ0v) is 29.4. The Morgan fingerprint density at radius 2 is 0.891 bits per heavy atom. The van der Waals surface area contributed by atoms with Crippen LogP contribution < -0.4 is 24.8 Å². The van der Waals surface area contributed by atoms with Gasteiger partial charge in [-0.1, -0.05) is 60.7 Å². The molecule has 0 N–H and O–H groups in total. The number of hydrogen-bond donors (Lipinski definition) is 0. The summed E-state index contributed by atoms with van der Waals surface area (Å²) >= 11 is 1.53. The van der Waals surface area contributed by atoms with E-state index in [4.69, 9.17) is 0 Å². The molecule has 0 spiro atoms. The molecular weight excluding hydrogens is 679 g/mol. The molecule has 0 bridgehead atoms. The quantitative estimate of drug-likeness (QED) is 0.232. The van der Waals surface area contributed by atoms with E-state index in [1.807, 2.05) is 0 Å². The van der Waals surface area contributed by atoms with Crippen LogP contribution in [0.3, 0.4) is 0 Å². The number of fused-ring (bicyclic) bond motifs is 3. The van der Waals surface area contributed by atoms with Crippen LogP contribution in [0.15, 0.2) is 179 Å². The Labute approximate surface area is 300 Å². The molecule has 223 valence electrons. The molecule has 6 aromatic rings. The van der Waals surface area contributed by atoms with Crippen molar-refractivity contribution in [3.05, 3.63) is 201 Å². The summed E-state index contributed by atoms with van der Waals surface area (Å²) in [6.07, 6.45) is 6.84. The van der Waals surface area contributed by atoms with Crippen LogP contribution in [-0.2, 0) is 31.1 Å². The molecule has 0 nitrogen and oxygen atoms in total. The molecule has 2 aliphatic rings. The van der Waals surface area contributed by atoms with Gasteiger partial charge < -0.3 is 24.8 Å². The maximum atomic E-state index is 2.43. The van der Waals surface area contributed by atoms with Crippen LogP contribution in [0.4, 0.5) is 0 Å². The SMILES string of the molecule is [Cl-].[Cl-].[Zr+2][C]1=C(C2c3cc(-c4ccccc4)ccc3-c3ccc(-c4ccccc4)cc32)C=CC1.c1ccc(Cc2ccccc2)cc1. The maximum absolute atomic E-state index is 2.43. The summed E-state index contributed by atoms with van der Waals surface area (Å²) in [6.45, 7) is 0. The molecule has 2 aliphatic carbocycles. The Hall–Kier alpha value is -3.74. The number of hydrogen-bond acceptors (Lipinski definition) is 0. The van der Waals surface area contributed by atoms with E-state index < -0.39 is 0 Å². The fourth-order valence-corrected chi connectivity index (χ4v) is 7.29. The first-order chi connectivity index (χ1) is 21.7. The maximum Gasteiger partial charge on any atom is -0.00258 e. The van der Waals surface area contributed by atoms with Crippen molar-refractivity contribution in [3.8, 4) is 33.4 Å². The molecule has 0 fully saturated rings. The fraction of sp³-hybridized carbons (Fsp3) is 0.0698. The van der Waals surface area contributed by atoms with Crippen molar-refractivity contribution in [2.45, 2.75) is 18.8 Å². The molecular formula is C43H33Cl2Zr. The Morgan fingerprint density at radius 3 is 1.28 bits per heavy atom. The predicted octanol–water partition coefficient (Wildman–Crippen LogP) is 5.18.